The van der Waals surface area contributed by atoms with Crippen LogP contribution in [-0.4, -0.2) is 42.6 Å². The lowest BCUT2D eigenvalue weighted by atomic mass is 9.87. The maximum Gasteiger partial charge on any atom is 0.284 e. The summed E-state index contributed by atoms with van der Waals surface area (Å²) in [6.07, 6.45) is 2.81. The van der Waals surface area contributed by atoms with Crippen molar-refractivity contribution in [1.82, 2.24) is 10.2 Å². The second-order valence-corrected chi connectivity index (χ2v) is 9.35. The number of carbonyl (C=O) groups is 1. The first kappa shape index (κ1) is 23.6. The highest BCUT2D eigenvalue weighted by Gasteiger charge is 2.27. The molecule has 1 saturated heterocycles. The van der Waals surface area contributed by atoms with Crippen molar-refractivity contribution >= 4 is 11.9 Å². The summed E-state index contributed by atoms with van der Waals surface area (Å²) in [6.45, 7) is 7.49. The fraction of sp³-hybridized carbons (Fsp3) is 0.462. The number of methoxy groups -OCH3 is 1. The Labute approximate surface area is 191 Å². The topological polar surface area (TPSA) is 74.7 Å². The molecular formula is C26H35N3O3. The highest BCUT2D eigenvalue weighted by atomic mass is 16.5. The Hall–Kier alpha value is -3.02. The molecule has 172 valence electrons. The number of amidine groups is 1. The number of likely N-dealkylation sites (tertiary alicyclic amines) is 1. The third-order valence-electron chi connectivity index (χ3n) is 5.73. The molecule has 0 radical (unpaired) electrons. The van der Waals surface area contributed by atoms with Gasteiger partial charge in [-0.05, 0) is 75.8 Å². The van der Waals surface area contributed by atoms with Gasteiger partial charge in [-0.15, -0.1) is 0 Å². The number of piperidine rings is 1. The Balaban J connectivity index is 1.63. The first-order valence-electron chi connectivity index (χ1n) is 11.3. The van der Waals surface area contributed by atoms with E-state index in [-0.39, 0.29) is 23.6 Å². The zero-order valence-corrected chi connectivity index (χ0v) is 19.6. The quantitative estimate of drug-likeness (QED) is 0.492. The number of nitrogens with one attached hydrogen (secondary N) is 2. The molecule has 2 N–H and O–H groups in total. The van der Waals surface area contributed by atoms with Crippen molar-refractivity contribution in [3.63, 3.8) is 0 Å². The van der Waals surface area contributed by atoms with E-state index in [1.165, 1.54) is 0 Å². The summed E-state index contributed by atoms with van der Waals surface area (Å²) >= 11 is 0. The van der Waals surface area contributed by atoms with E-state index in [2.05, 4.69) is 17.4 Å². The van der Waals surface area contributed by atoms with Crippen LogP contribution >= 0.6 is 0 Å². The Morgan fingerprint density at radius 1 is 1.09 bits per heavy atom. The average Bonchev–Trinajstić information content (AvgIpc) is 2.78. The zero-order chi connectivity index (χ0) is 23.1. The lowest BCUT2D eigenvalue weighted by molar-refractivity contribution is 0.0755. The number of benzene rings is 2. The molecule has 6 nitrogen and oxygen atoms in total. The molecule has 2 aromatic rings. The molecule has 1 atom stereocenters. The minimum Gasteiger partial charge on any atom is -0.497 e. The van der Waals surface area contributed by atoms with Gasteiger partial charge in [0.25, 0.3) is 11.9 Å². The third-order valence-corrected chi connectivity index (χ3v) is 5.73. The number of rotatable bonds is 6. The maximum absolute atomic E-state index is 12.9. The van der Waals surface area contributed by atoms with Gasteiger partial charge in [-0.25, -0.2) is 0 Å². The maximum atomic E-state index is 12.9. The molecule has 0 bridgehead atoms. The largest absolute Gasteiger partial charge is 0.497 e. The molecular weight excluding hydrogens is 402 g/mol. The van der Waals surface area contributed by atoms with Crippen LogP contribution in [0.5, 0.6) is 5.75 Å². The van der Waals surface area contributed by atoms with E-state index < -0.39 is 0 Å². The van der Waals surface area contributed by atoms with Gasteiger partial charge in [0.05, 0.1) is 13.2 Å². The third kappa shape index (κ3) is 6.74. The number of hydrogen-bond acceptors (Lipinski definition) is 4. The molecule has 1 amide bonds. The number of ether oxygens (including phenoxy) is 2. The van der Waals surface area contributed by atoms with E-state index in [1.54, 1.807) is 31.4 Å². The molecule has 0 spiro atoms. The molecule has 3 rings (SSSR count). The monoisotopic (exact) mass is 437 g/mol. The van der Waals surface area contributed by atoms with Gasteiger partial charge in [-0.1, -0.05) is 30.3 Å². The van der Waals surface area contributed by atoms with Gasteiger partial charge in [0.1, 0.15) is 11.4 Å². The van der Waals surface area contributed by atoms with Crippen molar-refractivity contribution in [3.05, 3.63) is 65.7 Å². The van der Waals surface area contributed by atoms with Crippen LogP contribution in [0.15, 0.2) is 54.6 Å². The second kappa shape index (κ2) is 10.5. The van der Waals surface area contributed by atoms with Crippen molar-refractivity contribution in [2.24, 2.45) is 5.92 Å². The molecule has 6 heteroatoms. The van der Waals surface area contributed by atoms with Gasteiger partial charge in [0, 0.05) is 18.7 Å². The fourth-order valence-electron chi connectivity index (χ4n) is 4.01. The Kier molecular flexibility index (Phi) is 7.78. The van der Waals surface area contributed by atoms with E-state index in [9.17, 15) is 4.79 Å². The predicted molar refractivity (Wildman–Crippen MR) is 127 cm³/mol. The summed E-state index contributed by atoms with van der Waals surface area (Å²) in [5, 5.41) is 11.5. The molecule has 2 aromatic carbocycles. The average molecular weight is 438 g/mol. The molecule has 1 fully saturated rings. The number of carbonyl (C=O) groups excluding carboxylic acids is 1. The predicted octanol–water partition coefficient (Wildman–Crippen LogP) is 5.02. The summed E-state index contributed by atoms with van der Waals surface area (Å²) in [7, 11) is 1.61. The molecule has 1 aliphatic heterocycles. The summed E-state index contributed by atoms with van der Waals surface area (Å²) in [4.78, 5) is 14.9. The van der Waals surface area contributed by atoms with Crippen LogP contribution in [0, 0.1) is 11.3 Å². The highest BCUT2D eigenvalue weighted by Crippen LogP contribution is 2.29. The van der Waals surface area contributed by atoms with Crippen LogP contribution in [0.2, 0.25) is 0 Å². The number of amides is 1. The van der Waals surface area contributed by atoms with Crippen molar-refractivity contribution in [2.75, 3.05) is 20.2 Å². The summed E-state index contributed by atoms with van der Waals surface area (Å²) in [5.41, 5.74) is 1.37. The second-order valence-electron chi connectivity index (χ2n) is 9.35. The van der Waals surface area contributed by atoms with Gasteiger partial charge in [0.15, 0.2) is 0 Å². The normalized spacial score (nSPS) is 15.7. The molecule has 0 aromatic heterocycles. The van der Waals surface area contributed by atoms with Crippen LogP contribution in [-0.2, 0) is 4.74 Å². The van der Waals surface area contributed by atoms with Crippen LogP contribution in [0.25, 0.3) is 0 Å². The van der Waals surface area contributed by atoms with E-state index in [4.69, 9.17) is 14.9 Å². The van der Waals surface area contributed by atoms with Crippen molar-refractivity contribution in [3.8, 4) is 5.75 Å². The molecule has 1 heterocycles. The van der Waals surface area contributed by atoms with Crippen LogP contribution in [0.1, 0.15) is 62.0 Å². The van der Waals surface area contributed by atoms with E-state index in [0.29, 0.717) is 11.5 Å². The van der Waals surface area contributed by atoms with Gasteiger partial charge in [-0.2, -0.15) is 0 Å². The van der Waals surface area contributed by atoms with E-state index in [1.807, 2.05) is 43.9 Å². The van der Waals surface area contributed by atoms with Gasteiger partial charge >= 0.3 is 0 Å². The van der Waals surface area contributed by atoms with Crippen LogP contribution in [0.4, 0.5) is 0 Å². The first-order chi connectivity index (χ1) is 15.2. The number of hydrogen-bond donors (Lipinski definition) is 2. The van der Waals surface area contributed by atoms with E-state index in [0.717, 1.165) is 43.7 Å². The minimum absolute atomic E-state index is 0.0624. The molecule has 0 aliphatic carbocycles. The molecule has 32 heavy (non-hydrogen) atoms. The first-order valence-corrected chi connectivity index (χ1v) is 11.3. The number of nitrogens with zero attached hydrogens (tertiary/aromatic N) is 1. The smallest absolute Gasteiger partial charge is 0.284 e. The SMILES string of the molecule is COc1ccc(C(=O)NC(CC2CCN(C(=N)OC(C)(C)C)CC2)c2ccccc2)cc1. The Morgan fingerprint density at radius 2 is 1.72 bits per heavy atom. The lowest BCUT2D eigenvalue weighted by Gasteiger charge is -2.36. The van der Waals surface area contributed by atoms with Gasteiger partial charge in [0.2, 0.25) is 0 Å². The van der Waals surface area contributed by atoms with Crippen molar-refractivity contribution in [1.29, 1.82) is 5.41 Å². The molecule has 1 aliphatic rings. The van der Waals surface area contributed by atoms with E-state index >= 15 is 0 Å². The van der Waals surface area contributed by atoms with Gasteiger partial charge < -0.3 is 19.7 Å². The molecule has 1 unspecified atom stereocenters. The van der Waals surface area contributed by atoms with Gasteiger partial charge in [-0.3, -0.25) is 10.2 Å². The summed E-state index contributed by atoms with van der Waals surface area (Å²) in [6, 6.07) is 17.5. The lowest BCUT2D eigenvalue weighted by Crippen LogP contribution is -2.42. The minimum atomic E-state index is -0.363. The standard InChI is InChI=1S/C26H35N3O3/c1-26(2,3)32-25(27)29-16-14-19(15-17-29)18-23(20-8-6-5-7-9-20)28-24(30)21-10-12-22(31-4)13-11-21/h5-13,19,23,27H,14-18H2,1-4H3,(H,28,30). The van der Waals surface area contributed by atoms with Crippen LogP contribution < -0.4 is 10.1 Å². The van der Waals surface area contributed by atoms with Crippen molar-refractivity contribution in [2.45, 2.75) is 51.7 Å². The zero-order valence-electron chi connectivity index (χ0n) is 19.6. The Morgan fingerprint density at radius 3 is 2.28 bits per heavy atom. The Bertz CT molecular complexity index is 883. The molecule has 0 saturated carbocycles. The summed E-state index contributed by atoms with van der Waals surface area (Å²) < 4.78 is 10.9. The van der Waals surface area contributed by atoms with Crippen molar-refractivity contribution < 1.29 is 14.3 Å². The van der Waals surface area contributed by atoms with Crippen LogP contribution in [0.3, 0.4) is 0 Å². The summed E-state index contributed by atoms with van der Waals surface area (Å²) in [5.74, 6) is 1.11. The fourth-order valence-corrected chi connectivity index (χ4v) is 4.01. The highest BCUT2D eigenvalue weighted by molar-refractivity contribution is 5.94.